The van der Waals surface area contributed by atoms with Crippen LogP contribution in [0.25, 0.3) is 0 Å². The Labute approximate surface area is 210 Å². The van der Waals surface area contributed by atoms with Crippen LogP contribution in [0.5, 0.6) is 0 Å². The molecule has 0 radical (unpaired) electrons. The van der Waals surface area contributed by atoms with Crippen LogP contribution in [0.3, 0.4) is 0 Å². The van der Waals surface area contributed by atoms with E-state index in [9.17, 15) is 29.7 Å². The van der Waals surface area contributed by atoms with E-state index in [1.807, 2.05) is 0 Å². The summed E-state index contributed by atoms with van der Waals surface area (Å²) in [5, 5.41) is 24.1. The summed E-state index contributed by atoms with van der Waals surface area (Å²) in [5.41, 5.74) is -4.28. The molecule has 0 spiro atoms. The van der Waals surface area contributed by atoms with Gasteiger partial charge in [0.05, 0.1) is 5.57 Å². The number of hydrogen-bond donors (Lipinski definition) is 2. The van der Waals surface area contributed by atoms with E-state index in [1.54, 1.807) is 53.7 Å². The molecule has 36 heavy (non-hydrogen) atoms. The maximum absolute atomic E-state index is 12.8. The monoisotopic (exact) mass is 504 g/mol. The Kier molecular flexibility index (Phi) is 9.64. The molecule has 12 heteroatoms. The van der Waals surface area contributed by atoms with Crippen LogP contribution in [-0.4, -0.2) is 59.1 Å². The van der Waals surface area contributed by atoms with Crippen molar-refractivity contribution in [3.8, 4) is 12.1 Å². The molecule has 0 aromatic rings. The average molecular weight is 505 g/mol. The summed E-state index contributed by atoms with van der Waals surface area (Å²) in [6.07, 6.45) is 0.534. The molecule has 1 rings (SSSR count). The van der Waals surface area contributed by atoms with Gasteiger partial charge in [0.1, 0.15) is 35.4 Å². The SMILES string of the molecule is CC(NC(=O)OC(C)(C)C)C(=O)OC1C=CC=C(C#N)C1(C#N)OC(=O)C(C)NC(=O)OC(C)(C)C. The predicted octanol–water partition coefficient (Wildman–Crippen LogP) is 2.55. The highest BCUT2D eigenvalue weighted by molar-refractivity contribution is 5.83. The number of allylic oxidation sites excluding steroid dienone is 2. The molecule has 0 bridgehead atoms. The minimum atomic E-state index is -2.34. The van der Waals surface area contributed by atoms with Gasteiger partial charge in [-0.25, -0.2) is 19.2 Å². The Balaban J connectivity index is 3.07. The summed E-state index contributed by atoms with van der Waals surface area (Å²) < 4.78 is 20.9. The minimum absolute atomic E-state index is 0.309. The number of nitriles is 2. The Hall–Kier alpha value is -4.06. The first-order valence-corrected chi connectivity index (χ1v) is 11.1. The third-order valence-electron chi connectivity index (χ3n) is 4.31. The highest BCUT2D eigenvalue weighted by Gasteiger charge is 2.51. The second-order valence-corrected chi connectivity index (χ2v) is 9.94. The summed E-state index contributed by atoms with van der Waals surface area (Å²) in [6.45, 7) is 12.5. The van der Waals surface area contributed by atoms with Gasteiger partial charge in [-0.15, -0.1) is 0 Å². The first-order valence-electron chi connectivity index (χ1n) is 11.1. The lowest BCUT2D eigenvalue weighted by Crippen LogP contribution is -2.53. The van der Waals surface area contributed by atoms with E-state index in [4.69, 9.17) is 18.9 Å². The molecule has 0 heterocycles. The van der Waals surface area contributed by atoms with Crippen LogP contribution in [0.15, 0.2) is 23.8 Å². The third kappa shape index (κ3) is 8.62. The Morgan fingerprint density at radius 1 is 0.917 bits per heavy atom. The molecule has 0 saturated heterocycles. The van der Waals surface area contributed by atoms with Crippen LogP contribution < -0.4 is 10.6 Å². The molecule has 12 nitrogen and oxygen atoms in total. The number of carbonyl (C=O) groups is 4. The van der Waals surface area contributed by atoms with Gasteiger partial charge >= 0.3 is 24.1 Å². The van der Waals surface area contributed by atoms with Crippen LogP contribution in [0, 0.1) is 22.7 Å². The number of rotatable bonds is 6. The fourth-order valence-corrected chi connectivity index (χ4v) is 2.73. The smallest absolute Gasteiger partial charge is 0.408 e. The lowest BCUT2D eigenvalue weighted by molar-refractivity contribution is -0.170. The number of alkyl carbamates (subject to hydrolysis) is 2. The highest BCUT2D eigenvalue weighted by atomic mass is 16.6. The van der Waals surface area contributed by atoms with Crippen molar-refractivity contribution in [2.45, 2.75) is 90.4 Å². The zero-order valence-electron chi connectivity index (χ0n) is 21.6. The quantitative estimate of drug-likeness (QED) is 0.403. The standard InChI is InChI=1S/C24H32N4O8/c1-14(27-20(31)35-22(3,4)5)18(29)33-17-11-9-10-16(12-25)24(17,13-26)34-19(30)15(2)28-21(32)36-23(6,7)8/h9-11,14-15,17H,1-8H3,(H,27,31)(H,28,32). The topological polar surface area (TPSA) is 177 Å². The normalized spacial score (nSPS) is 20.8. The molecule has 2 amide bonds. The van der Waals surface area contributed by atoms with E-state index in [0.717, 1.165) is 0 Å². The van der Waals surface area contributed by atoms with Gasteiger partial charge in [-0.05, 0) is 67.5 Å². The van der Waals surface area contributed by atoms with Gasteiger partial charge in [0.2, 0.25) is 0 Å². The second kappa shape index (κ2) is 11.6. The summed E-state index contributed by atoms with van der Waals surface area (Å²) in [4.78, 5) is 49.4. The summed E-state index contributed by atoms with van der Waals surface area (Å²) in [5.74, 6) is -2.06. The van der Waals surface area contributed by atoms with E-state index in [1.165, 1.54) is 32.1 Å². The van der Waals surface area contributed by atoms with E-state index in [0.29, 0.717) is 0 Å². The number of nitrogens with one attached hydrogen (secondary N) is 2. The summed E-state index contributed by atoms with van der Waals surface area (Å²) >= 11 is 0. The van der Waals surface area contributed by atoms with Gasteiger partial charge in [-0.2, -0.15) is 10.5 Å². The summed E-state index contributed by atoms with van der Waals surface area (Å²) in [7, 11) is 0. The van der Waals surface area contributed by atoms with Crippen LogP contribution in [0.4, 0.5) is 9.59 Å². The summed E-state index contributed by atoms with van der Waals surface area (Å²) in [6, 6.07) is 1.03. The van der Waals surface area contributed by atoms with Crippen molar-refractivity contribution in [3.05, 3.63) is 23.8 Å². The van der Waals surface area contributed by atoms with E-state index in [-0.39, 0.29) is 5.57 Å². The van der Waals surface area contributed by atoms with Gasteiger partial charge in [-0.1, -0.05) is 6.08 Å². The molecule has 2 N–H and O–H groups in total. The van der Waals surface area contributed by atoms with Gasteiger partial charge in [0.25, 0.3) is 5.60 Å². The van der Waals surface area contributed by atoms with Gasteiger partial charge in [-0.3, -0.25) is 0 Å². The van der Waals surface area contributed by atoms with Crippen molar-refractivity contribution in [3.63, 3.8) is 0 Å². The zero-order chi connectivity index (χ0) is 27.9. The Morgan fingerprint density at radius 2 is 1.39 bits per heavy atom. The molecular formula is C24H32N4O8. The second-order valence-electron chi connectivity index (χ2n) is 9.94. The minimum Gasteiger partial charge on any atom is -0.451 e. The maximum atomic E-state index is 12.8. The number of nitrogens with zero attached hydrogens (tertiary/aromatic N) is 2. The molecule has 0 saturated carbocycles. The number of esters is 2. The average Bonchev–Trinajstić information content (AvgIpc) is 2.71. The zero-order valence-corrected chi connectivity index (χ0v) is 21.6. The maximum Gasteiger partial charge on any atom is 0.408 e. The number of carbonyl (C=O) groups excluding carboxylic acids is 4. The molecule has 0 aliphatic heterocycles. The van der Waals surface area contributed by atoms with Crippen molar-refractivity contribution >= 4 is 24.1 Å². The van der Waals surface area contributed by atoms with Crippen molar-refractivity contribution < 1.29 is 38.1 Å². The van der Waals surface area contributed by atoms with Crippen molar-refractivity contribution in [2.24, 2.45) is 0 Å². The first kappa shape index (κ1) is 30.0. The molecule has 4 atom stereocenters. The van der Waals surface area contributed by atoms with Crippen LogP contribution >= 0.6 is 0 Å². The highest BCUT2D eigenvalue weighted by Crippen LogP contribution is 2.32. The molecule has 1 aliphatic carbocycles. The molecule has 4 unspecified atom stereocenters. The van der Waals surface area contributed by atoms with E-state index < -0.39 is 59.1 Å². The lowest BCUT2D eigenvalue weighted by Gasteiger charge is -2.34. The fraction of sp³-hybridized carbons (Fsp3) is 0.583. The fourth-order valence-electron chi connectivity index (χ4n) is 2.73. The first-order chi connectivity index (χ1) is 16.4. The van der Waals surface area contributed by atoms with E-state index in [2.05, 4.69) is 10.6 Å². The number of ether oxygens (including phenoxy) is 4. The predicted molar refractivity (Wildman–Crippen MR) is 125 cm³/mol. The van der Waals surface area contributed by atoms with Gasteiger partial charge in [0.15, 0.2) is 6.10 Å². The van der Waals surface area contributed by atoms with Crippen molar-refractivity contribution in [2.75, 3.05) is 0 Å². The lowest BCUT2D eigenvalue weighted by atomic mass is 9.85. The van der Waals surface area contributed by atoms with Gasteiger partial charge < -0.3 is 29.6 Å². The molecule has 0 fully saturated rings. The number of amides is 2. The van der Waals surface area contributed by atoms with Crippen LogP contribution in [0.1, 0.15) is 55.4 Å². The molecule has 0 aromatic carbocycles. The van der Waals surface area contributed by atoms with Crippen molar-refractivity contribution in [1.82, 2.24) is 10.6 Å². The molecule has 1 aliphatic rings. The molecular weight excluding hydrogens is 472 g/mol. The van der Waals surface area contributed by atoms with E-state index >= 15 is 0 Å². The van der Waals surface area contributed by atoms with Gasteiger partial charge in [0, 0.05) is 0 Å². The molecule has 196 valence electrons. The van der Waals surface area contributed by atoms with Crippen LogP contribution in [0.2, 0.25) is 0 Å². The Morgan fingerprint density at radius 3 is 1.81 bits per heavy atom. The Bertz CT molecular complexity index is 1020. The number of hydrogen-bond acceptors (Lipinski definition) is 10. The molecule has 0 aromatic heterocycles. The largest absolute Gasteiger partial charge is 0.451 e. The van der Waals surface area contributed by atoms with Crippen molar-refractivity contribution in [1.29, 1.82) is 10.5 Å². The third-order valence-corrected chi connectivity index (χ3v) is 4.31. The van der Waals surface area contributed by atoms with Crippen LogP contribution in [-0.2, 0) is 28.5 Å².